The normalized spacial score (nSPS) is 13.4. The molecule has 0 aliphatic heterocycles. The van der Waals surface area contributed by atoms with Crippen LogP contribution in [0.1, 0.15) is 33.4 Å². The van der Waals surface area contributed by atoms with Crippen LogP contribution in [-0.2, 0) is 17.8 Å². The second-order valence-electron chi connectivity index (χ2n) is 11.6. The lowest BCUT2D eigenvalue weighted by atomic mass is 9.67. The third-order valence-corrected chi connectivity index (χ3v) is 8.60. The van der Waals surface area contributed by atoms with E-state index in [0.29, 0.717) is 33.6 Å². The van der Waals surface area contributed by atoms with Crippen LogP contribution < -0.4 is 20.9 Å². The van der Waals surface area contributed by atoms with Crippen molar-refractivity contribution in [1.29, 1.82) is 0 Å². The van der Waals surface area contributed by atoms with E-state index in [1.807, 2.05) is 12.1 Å². The SMILES string of the molecule is Nc1ccc(Oc2ccc(C3(c4ccc(Oc5ccc(N)cc5)c(C(F)(F)F)c4)c4ccccc4-c4ccccc43)cc2C(F)(F)F)cc1. The summed E-state index contributed by atoms with van der Waals surface area (Å²) in [6, 6.07) is 33.1. The summed E-state index contributed by atoms with van der Waals surface area (Å²) in [7, 11) is 0. The number of benzene rings is 6. The molecule has 1 aliphatic rings. The molecule has 0 fully saturated rings. The molecule has 0 unspecified atom stereocenters. The van der Waals surface area contributed by atoms with Gasteiger partial charge in [0.05, 0.1) is 16.5 Å². The summed E-state index contributed by atoms with van der Waals surface area (Å²) in [4.78, 5) is 0. The highest BCUT2D eigenvalue weighted by Gasteiger charge is 2.49. The van der Waals surface area contributed by atoms with Gasteiger partial charge >= 0.3 is 12.4 Å². The van der Waals surface area contributed by atoms with E-state index < -0.39 is 40.4 Å². The van der Waals surface area contributed by atoms with Crippen LogP contribution in [0.5, 0.6) is 23.0 Å². The molecule has 246 valence electrons. The molecule has 0 atom stereocenters. The monoisotopic (exact) mass is 668 g/mol. The molecular weight excluding hydrogens is 642 g/mol. The molecule has 0 aromatic heterocycles. The highest BCUT2D eigenvalue weighted by molar-refractivity contribution is 5.86. The van der Waals surface area contributed by atoms with Gasteiger partial charge in [0, 0.05) is 11.4 Å². The van der Waals surface area contributed by atoms with Crippen LogP contribution in [0.3, 0.4) is 0 Å². The Morgan fingerprint density at radius 3 is 1.18 bits per heavy atom. The summed E-state index contributed by atoms with van der Waals surface area (Å²) in [5, 5.41) is 0. The second kappa shape index (κ2) is 11.7. The van der Waals surface area contributed by atoms with E-state index in [2.05, 4.69) is 0 Å². The maximum Gasteiger partial charge on any atom is 0.419 e. The highest BCUT2D eigenvalue weighted by Crippen LogP contribution is 2.58. The van der Waals surface area contributed by atoms with E-state index in [9.17, 15) is 26.3 Å². The summed E-state index contributed by atoms with van der Waals surface area (Å²) >= 11 is 0. The van der Waals surface area contributed by atoms with Crippen molar-refractivity contribution in [3.05, 3.63) is 167 Å². The van der Waals surface area contributed by atoms with Crippen molar-refractivity contribution in [3.63, 3.8) is 0 Å². The zero-order chi connectivity index (χ0) is 34.6. The summed E-state index contributed by atoms with van der Waals surface area (Å²) in [6.07, 6.45) is -9.77. The average Bonchev–Trinajstić information content (AvgIpc) is 3.37. The zero-order valence-electron chi connectivity index (χ0n) is 25.4. The molecule has 49 heavy (non-hydrogen) atoms. The Kier molecular flexibility index (Phi) is 7.54. The number of hydrogen-bond donors (Lipinski definition) is 2. The molecule has 0 radical (unpaired) electrons. The Bertz CT molecular complexity index is 2020. The first-order valence-corrected chi connectivity index (χ1v) is 15.1. The van der Waals surface area contributed by atoms with Gasteiger partial charge in [-0.05, 0) is 106 Å². The van der Waals surface area contributed by atoms with Crippen molar-refractivity contribution >= 4 is 11.4 Å². The minimum absolute atomic E-state index is 0.0993. The van der Waals surface area contributed by atoms with E-state index in [-0.39, 0.29) is 22.6 Å². The molecule has 0 spiro atoms. The molecule has 0 bridgehead atoms. The van der Waals surface area contributed by atoms with Gasteiger partial charge in [0.15, 0.2) is 0 Å². The van der Waals surface area contributed by atoms with Gasteiger partial charge in [-0.25, -0.2) is 0 Å². The lowest BCUT2D eigenvalue weighted by Crippen LogP contribution is -2.29. The Morgan fingerprint density at radius 2 is 0.816 bits per heavy atom. The average molecular weight is 669 g/mol. The van der Waals surface area contributed by atoms with Gasteiger partial charge in [-0.15, -0.1) is 0 Å². The maximum absolute atomic E-state index is 14.8. The lowest BCUT2D eigenvalue weighted by Gasteiger charge is -2.35. The fourth-order valence-corrected chi connectivity index (χ4v) is 6.50. The topological polar surface area (TPSA) is 70.5 Å². The van der Waals surface area contributed by atoms with E-state index in [4.69, 9.17) is 20.9 Å². The minimum Gasteiger partial charge on any atom is -0.457 e. The number of rotatable bonds is 6. The Hall–Kier alpha value is -5.90. The molecular formula is C39H26F6N2O2. The third-order valence-electron chi connectivity index (χ3n) is 8.60. The first kappa shape index (κ1) is 31.7. The van der Waals surface area contributed by atoms with Crippen molar-refractivity contribution in [2.75, 3.05) is 11.5 Å². The third kappa shape index (κ3) is 5.58. The number of hydrogen-bond acceptors (Lipinski definition) is 4. The van der Waals surface area contributed by atoms with Gasteiger partial charge in [0.1, 0.15) is 23.0 Å². The molecule has 7 rings (SSSR count). The number of fused-ring (bicyclic) bond motifs is 3. The van der Waals surface area contributed by atoms with Crippen molar-refractivity contribution in [1.82, 2.24) is 0 Å². The standard InChI is InChI=1S/C39H26F6N2O2/c40-38(41,42)33-21-23(9-19-35(33)48-27-15-11-25(46)12-16-27)37(31-7-3-1-5-29(31)30-6-2-4-8-32(30)37)24-10-20-36(34(22-24)39(43,44)45)49-28-17-13-26(47)14-18-28/h1-22H,46-47H2. The van der Waals surface area contributed by atoms with Crippen LogP contribution in [0.4, 0.5) is 37.7 Å². The molecule has 0 heterocycles. The molecule has 0 saturated heterocycles. The van der Waals surface area contributed by atoms with Crippen LogP contribution in [0.2, 0.25) is 0 Å². The number of anilines is 2. The molecule has 10 heteroatoms. The largest absolute Gasteiger partial charge is 0.457 e. The molecule has 6 aromatic rings. The Balaban J connectivity index is 1.49. The molecule has 0 amide bonds. The second-order valence-corrected chi connectivity index (χ2v) is 11.6. The highest BCUT2D eigenvalue weighted by atomic mass is 19.4. The quantitative estimate of drug-likeness (QED) is 0.137. The van der Waals surface area contributed by atoms with E-state index in [1.54, 1.807) is 36.4 Å². The summed E-state index contributed by atoms with van der Waals surface area (Å²) in [6.45, 7) is 0. The maximum atomic E-state index is 14.8. The van der Waals surface area contributed by atoms with Crippen LogP contribution in [0.25, 0.3) is 11.1 Å². The fourth-order valence-electron chi connectivity index (χ4n) is 6.50. The van der Waals surface area contributed by atoms with Gasteiger partial charge in [-0.3, -0.25) is 0 Å². The van der Waals surface area contributed by atoms with Crippen molar-refractivity contribution < 1.29 is 35.8 Å². The Labute approximate surface area is 277 Å². The summed E-state index contributed by atoms with van der Waals surface area (Å²) in [5.41, 5.74) is 11.1. The van der Waals surface area contributed by atoms with Crippen LogP contribution in [-0.4, -0.2) is 0 Å². The van der Waals surface area contributed by atoms with E-state index in [0.717, 1.165) is 12.1 Å². The molecule has 1 aliphatic carbocycles. The molecule has 0 saturated carbocycles. The van der Waals surface area contributed by atoms with Crippen LogP contribution in [0, 0.1) is 0 Å². The summed E-state index contributed by atoms with van der Waals surface area (Å²) < 4.78 is 100. The van der Waals surface area contributed by atoms with Gasteiger partial charge in [0.2, 0.25) is 0 Å². The first-order chi connectivity index (χ1) is 23.4. The fraction of sp³-hybridized carbons (Fsp3) is 0.0769. The van der Waals surface area contributed by atoms with E-state index in [1.165, 1.54) is 72.8 Å². The van der Waals surface area contributed by atoms with Crippen LogP contribution >= 0.6 is 0 Å². The zero-order valence-corrected chi connectivity index (χ0v) is 25.4. The first-order valence-electron chi connectivity index (χ1n) is 15.1. The predicted molar refractivity (Wildman–Crippen MR) is 176 cm³/mol. The summed E-state index contributed by atoms with van der Waals surface area (Å²) in [5.74, 6) is -0.687. The number of halogens is 6. The minimum atomic E-state index is -4.88. The van der Waals surface area contributed by atoms with Gasteiger partial charge in [-0.1, -0.05) is 60.7 Å². The predicted octanol–water partition coefficient (Wildman–Crippen LogP) is 10.8. The van der Waals surface area contributed by atoms with E-state index >= 15 is 0 Å². The number of ether oxygens (including phenoxy) is 2. The van der Waals surface area contributed by atoms with Crippen molar-refractivity contribution in [2.45, 2.75) is 17.8 Å². The smallest absolute Gasteiger partial charge is 0.419 e. The van der Waals surface area contributed by atoms with Gasteiger partial charge in [-0.2, -0.15) is 26.3 Å². The molecule has 6 aromatic carbocycles. The van der Waals surface area contributed by atoms with Gasteiger partial charge < -0.3 is 20.9 Å². The molecule has 4 nitrogen and oxygen atoms in total. The van der Waals surface area contributed by atoms with Crippen LogP contribution in [0.15, 0.2) is 133 Å². The lowest BCUT2D eigenvalue weighted by molar-refractivity contribution is -0.139. The number of alkyl halides is 6. The van der Waals surface area contributed by atoms with Gasteiger partial charge in [0.25, 0.3) is 0 Å². The van der Waals surface area contributed by atoms with Crippen molar-refractivity contribution in [3.8, 4) is 34.1 Å². The molecule has 4 N–H and O–H groups in total. The Morgan fingerprint density at radius 1 is 0.449 bits per heavy atom. The van der Waals surface area contributed by atoms with Crippen molar-refractivity contribution in [2.24, 2.45) is 0 Å². The number of nitrogen functional groups attached to an aromatic ring is 2. The number of nitrogens with two attached hydrogens (primary N) is 2.